The first kappa shape index (κ1) is 58.0. The molecule has 0 amide bonds. The standard InChI is InChI=1S/C50H99O8P/c1-3-5-7-9-11-13-15-17-19-21-23-24-25-27-28-30-32-34-36-38-40-42-44-49(51)56-46-48(47-57-59(53,54)55)58-50(52)45-43-41-39-37-35-33-31-29-26-22-20-18-16-14-12-10-8-6-4-2/h48H,3-47H2,1-2H3,(H2,53,54,55)/t48-/m1/s1. The predicted molar refractivity (Wildman–Crippen MR) is 249 cm³/mol. The zero-order valence-corrected chi connectivity index (χ0v) is 40.1. The Labute approximate surface area is 365 Å². The number of hydrogen-bond donors (Lipinski definition) is 2. The molecule has 352 valence electrons. The molecular formula is C50H99O8P. The highest BCUT2D eigenvalue weighted by molar-refractivity contribution is 7.46. The highest BCUT2D eigenvalue weighted by Crippen LogP contribution is 2.36. The molecule has 0 aliphatic rings. The summed E-state index contributed by atoms with van der Waals surface area (Å²) in [5.74, 6) is -0.860. The van der Waals surface area contributed by atoms with E-state index in [0.717, 1.165) is 32.1 Å². The first-order valence-corrected chi connectivity index (χ1v) is 27.4. The molecule has 59 heavy (non-hydrogen) atoms. The lowest BCUT2D eigenvalue weighted by Gasteiger charge is -2.18. The second kappa shape index (κ2) is 46.6. The Bertz CT molecular complexity index is 925. The van der Waals surface area contributed by atoms with Gasteiger partial charge in [0.2, 0.25) is 0 Å². The smallest absolute Gasteiger partial charge is 0.462 e. The van der Waals surface area contributed by atoms with Crippen molar-refractivity contribution in [3.8, 4) is 0 Å². The van der Waals surface area contributed by atoms with Crippen LogP contribution in [0.1, 0.15) is 290 Å². The van der Waals surface area contributed by atoms with E-state index in [4.69, 9.17) is 19.3 Å². The molecule has 0 fully saturated rings. The minimum Gasteiger partial charge on any atom is -0.462 e. The summed E-state index contributed by atoms with van der Waals surface area (Å²) >= 11 is 0. The van der Waals surface area contributed by atoms with E-state index < -0.39 is 32.5 Å². The van der Waals surface area contributed by atoms with E-state index >= 15 is 0 Å². The Morgan fingerprint density at radius 2 is 0.610 bits per heavy atom. The first-order valence-electron chi connectivity index (χ1n) is 25.8. The number of rotatable bonds is 49. The van der Waals surface area contributed by atoms with Gasteiger partial charge < -0.3 is 19.3 Å². The van der Waals surface area contributed by atoms with Gasteiger partial charge >= 0.3 is 19.8 Å². The van der Waals surface area contributed by atoms with Gasteiger partial charge in [-0.2, -0.15) is 0 Å². The Kier molecular flexibility index (Phi) is 45.8. The summed E-state index contributed by atoms with van der Waals surface area (Å²) in [6.07, 6.45) is 52.7. The predicted octanol–water partition coefficient (Wildman–Crippen LogP) is 16.4. The topological polar surface area (TPSA) is 119 Å². The number of ether oxygens (including phenoxy) is 2. The first-order chi connectivity index (χ1) is 28.8. The second-order valence-corrected chi connectivity index (χ2v) is 19.1. The van der Waals surface area contributed by atoms with E-state index in [0.29, 0.717) is 6.42 Å². The Hall–Kier alpha value is -0.950. The lowest BCUT2D eigenvalue weighted by molar-refractivity contribution is -0.161. The van der Waals surface area contributed by atoms with Gasteiger partial charge in [0.25, 0.3) is 0 Å². The Morgan fingerprint density at radius 1 is 0.373 bits per heavy atom. The fourth-order valence-electron chi connectivity index (χ4n) is 8.03. The van der Waals surface area contributed by atoms with Gasteiger partial charge in [0.15, 0.2) is 6.10 Å². The molecular weight excluding hydrogens is 760 g/mol. The van der Waals surface area contributed by atoms with Crippen molar-refractivity contribution in [2.75, 3.05) is 13.2 Å². The Morgan fingerprint density at radius 3 is 0.864 bits per heavy atom. The molecule has 0 saturated carbocycles. The molecule has 0 aromatic heterocycles. The van der Waals surface area contributed by atoms with Crippen molar-refractivity contribution < 1.29 is 37.9 Å². The van der Waals surface area contributed by atoms with Crippen LogP contribution in [0, 0.1) is 0 Å². The van der Waals surface area contributed by atoms with Crippen LogP contribution in [0.3, 0.4) is 0 Å². The van der Waals surface area contributed by atoms with E-state index in [9.17, 15) is 14.2 Å². The molecule has 0 bridgehead atoms. The zero-order valence-electron chi connectivity index (χ0n) is 39.2. The minimum atomic E-state index is -4.75. The molecule has 0 aromatic carbocycles. The molecule has 0 aromatic rings. The maximum absolute atomic E-state index is 12.5. The number of hydrogen-bond acceptors (Lipinski definition) is 6. The largest absolute Gasteiger partial charge is 0.469 e. The highest BCUT2D eigenvalue weighted by atomic mass is 31.2. The van der Waals surface area contributed by atoms with E-state index in [1.807, 2.05) is 0 Å². The Balaban J connectivity index is 3.75. The van der Waals surface area contributed by atoms with Crippen LogP contribution in [-0.4, -0.2) is 41.0 Å². The van der Waals surface area contributed by atoms with Crippen molar-refractivity contribution in [1.82, 2.24) is 0 Å². The quantitative estimate of drug-likeness (QED) is 0.0353. The van der Waals surface area contributed by atoms with Crippen molar-refractivity contribution in [3.05, 3.63) is 0 Å². The van der Waals surface area contributed by atoms with Crippen LogP contribution in [0.4, 0.5) is 0 Å². The molecule has 0 saturated heterocycles. The third-order valence-corrected chi connectivity index (χ3v) is 12.4. The summed E-state index contributed by atoms with van der Waals surface area (Å²) in [5.41, 5.74) is 0. The molecule has 9 heteroatoms. The van der Waals surface area contributed by atoms with Gasteiger partial charge in [0.1, 0.15) is 6.61 Å². The summed E-state index contributed by atoms with van der Waals surface area (Å²) in [4.78, 5) is 43.1. The van der Waals surface area contributed by atoms with E-state index in [1.54, 1.807) is 0 Å². The molecule has 0 unspecified atom stereocenters. The van der Waals surface area contributed by atoms with Crippen LogP contribution in [0.15, 0.2) is 0 Å². The maximum atomic E-state index is 12.5. The molecule has 2 N–H and O–H groups in total. The van der Waals surface area contributed by atoms with Crippen LogP contribution in [0.2, 0.25) is 0 Å². The summed E-state index contributed by atoms with van der Waals surface area (Å²) in [5, 5.41) is 0. The SMILES string of the molecule is CCCCCCCCCCCCCCCCCCCCCCCCC(=O)OC[C@H](COP(=O)(O)O)OC(=O)CCCCCCCCCCCCCCCCCCCCC. The van der Waals surface area contributed by atoms with Crippen LogP contribution in [0.5, 0.6) is 0 Å². The van der Waals surface area contributed by atoms with Crippen LogP contribution >= 0.6 is 7.82 Å². The molecule has 8 nitrogen and oxygen atoms in total. The minimum absolute atomic E-state index is 0.221. The molecule has 0 rings (SSSR count). The molecule has 0 aliphatic heterocycles. The van der Waals surface area contributed by atoms with Gasteiger partial charge in [-0.25, -0.2) is 4.57 Å². The van der Waals surface area contributed by atoms with Gasteiger partial charge in [-0.15, -0.1) is 0 Å². The molecule has 0 spiro atoms. The third-order valence-electron chi connectivity index (χ3n) is 11.9. The van der Waals surface area contributed by atoms with Gasteiger partial charge in [-0.05, 0) is 12.8 Å². The van der Waals surface area contributed by atoms with E-state index in [2.05, 4.69) is 18.4 Å². The van der Waals surface area contributed by atoms with Gasteiger partial charge in [-0.1, -0.05) is 264 Å². The van der Waals surface area contributed by atoms with Crippen LogP contribution in [0.25, 0.3) is 0 Å². The normalized spacial score (nSPS) is 12.3. The fourth-order valence-corrected chi connectivity index (χ4v) is 8.39. The number of esters is 2. The van der Waals surface area contributed by atoms with Gasteiger partial charge in [0.05, 0.1) is 6.61 Å². The van der Waals surface area contributed by atoms with Gasteiger partial charge in [0, 0.05) is 12.8 Å². The van der Waals surface area contributed by atoms with Gasteiger partial charge in [-0.3, -0.25) is 14.1 Å². The van der Waals surface area contributed by atoms with Crippen molar-refractivity contribution in [1.29, 1.82) is 0 Å². The summed E-state index contributed by atoms with van der Waals surface area (Å²) in [7, 11) is -4.75. The molecule has 0 heterocycles. The van der Waals surface area contributed by atoms with Crippen LogP contribution in [-0.2, 0) is 28.2 Å². The van der Waals surface area contributed by atoms with Crippen LogP contribution < -0.4 is 0 Å². The fraction of sp³-hybridized carbons (Fsp3) is 0.960. The zero-order chi connectivity index (χ0) is 43.2. The average Bonchev–Trinajstić information content (AvgIpc) is 3.21. The lowest BCUT2D eigenvalue weighted by atomic mass is 10.0. The van der Waals surface area contributed by atoms with Crippen molar-refractivity contribution in [2.24, 2.45) is 0 Å². The van der Waals surface area contributed by atoms with E-state index in [-0.39, 0.29) is 19.4 Å². The number of carbonyl (C=O) groups is 2. The number of phosphoric acid groups is 1. The molecule has 1 atom stereocenters. The number of phosphoric ester groups is 1. The lowest BCUT2D eigenvalue weighted by Crippen LogP contribution is -2.29. The van der Waals surface area contributed by atoms with Crippen molar-refractivity contribution >= 4 is 19.8 Å². The maximum Gasteiger partial charge on any atom is 0.469 e. The monoisotopic (exact) mass is 859 g/mol. The third kappa shape index (κ3) is 49.6. The molecule has 0 radical (unpaired) electrons. The summed E-state index contributed by atoms with van der Waals surface area (Å²) in [6.45, 7) is 3.75. The number of carbonyl (C=O) groups excluding carboxylic acids is 2. The highest BCUT2D eigenvalue weighted by Gasteiger charge is 2.23. The average molecular weight is 859 g/mol. The summed E-state index contributed by atoms with van der Waals surface area (Å²) in [6, 6.07) is 0. The number of unbranched alkanes of at least 4 members (excludes halogenated alkanes) is 39. The van der Waals surface area contributed by atoms with Crippen molar-refractivity contribution in [3.63, 3.8) is 0 Å². The van der Waals surface area contributed by atoms with E-state index in [1.165, 1.54) is 225 Å². The van der Waals surface area contributed by atoms with Crippen molar-refractivity contribution in [2.45, 2.75) is 296 Å². The summed E-state index contributed by atoms with van der Waals surface area (Å²) < 4.78 is 26.6. The second-order valence-electron chi connectivity index (χ2n) is 17.9. The molecule has 0 aliphatic carbocycles.